The molecule has 1 heterocycles. The van der Waals surface area contributed by atoms with Crippen molar-refractivity contribution in [3.8, 4) is 0 Å². The van der Waals surface area contributed by atoms with Gasteiger partial charge in [0, 0.05) is 57.1 Å². The number of piperazine rings is 1. The number of hydrogen-bond donors (Lipinski definition) is 1. The summed E-state index contributed by atoms with van der Waals surface area (Å²) in [7, 11) is -6.72. The molecule has 0 aromatic heterocycles. The lowest BCUT2D eigenvalue weighted by atomic mass is 10.1. The van der Waals surface area contributed by atoms with Crippen LogP contribution in [-0.2, 0) is 26.6 Å². The first-order valence-electron chi connectivity index (χ1n) is 11.2. The zero-order valence-electron chi connectivity index (χ0n) is 19.8. The molecule has 186 valence electrons. The number of benzene rings is 2. The van der Waals surface area contributed by atoms with Gasteiger partial charge in [-0.2, -0.15) is 8.61 Å². The first kappa shape index (κ1) is 26.3. The summed E-state index contributed by atoms with van der Waals surface area (Å²) >= 11 is 0. The molecule has 1 saturated heterocycles. The largest absolute Gasteiger partial charge is 0.322 e. The van der Waals surface area contributed by atoms with Gasteiger partial charge in [-0.1, -0.05) is 26.0 Å². The lowest BCUT2D eigenvalue weighted by Crippen LogP contribution is -2.47. The van der Waals surface area contributed by atoms with Crippen LogP contribution in [0.3, 0.4) is 0 Å². The summed E-state index contributed by atoms with van der Waals surface area (Å²) < 4.78 is 51.5. The molecule has 34 heavy (non-hydrogen) atoms. The summed E-state index contributed by atoms with van der Waals surface area (Å²) in [6.45, 7) is 7.16. The summed E-state index contributed by atoms with van der Waals surface area (Å²) in [5.74, 6) is -0.289. The van der Waals surface area contributed by atoms with Gasteiger partial charge >= 0.3 is 0 Å². The third kappa shape index (κ3) is 6.42. The second-order valence-corrected chi connectivity index (χ2v) is 12.1. The van der Waals surface area contributed by atoms with Gasteiger partial charge in [-0.05, 0) is 42.0 Å². The fourth-order valence-corrected chi connectivity index (χ4v) is 6.20. The molecule has 11 heteroatoms. The van der Waals surface area contributed by atoms with Crippen LogP contribution in [0.5, 0.6) is 0 Å². The molecule has 0 atom stereocenters. The molecule has 1 aliphatic heterocycles. The van der Waals surface area contributed by atoms with Crippen molar-refractivity contribution in [1.82, 2.24) is 13.5 Å². The van der Waals surface area contributed by atoms with Gasteiger partial charge in [0.15, 0.2) is 0 Å². The highest BCUT2D eigenvalue weighted by molar-refractivity contribution is 7.89. The zero-order valence-corrected chi connectivity index (χ0v) is 21.4. The molecule has 9 nitrogen and oxygen atoms in total. The van der Waals surface area contributed by atoms with Crippen molar-refractivity contribution in [2.24, 2.45) is 0 Å². The molecule has 2 aromatic rings. The quantitative estimate of drug-likeness (QED) is 0.556. The summed E-state index contributed by atoms with van der Waals surface area (Å²) in [6.07, 6.45) is 1.22. The van der Waals surface area contributed by atoms with Gasteiger partial charge in [-0.25, -0.2) is 16.8 Å². The number of rotatable bonds is 9. The van der Waals surface area contributed by atoms with E-state index in [0.29, 0.717) is 57.1 Å². The van der Waals surface area contributed by atoms with E-state index in [1.807, 2.05) is 18.2 Å². The molecule has 0 unspecified atom stereocenters. The second kappa shape index (κ2) is 11.0. The van der Waals surface area contributed by atoms with Crippen molar-refractivity contribution >= 4 is 31.6 Å². The van der Waals surface area contributed by atoms with Crippen LogP contribution in [0.4, 0.5) is 5.69 Å². The van der Waals surface area contributed by atoms with Crippen molar-refractivity contribution in [1.29, 1.82) is 0 Å². The summed E-state index contributed by atoms with van der Waals surface area (Å²) in [6, 6.07) is 13.4. The summed E-state index contributed by atoms with van der Waals surface area (Å²) in [5, 5.41) is 2.81. The van der Waals surface area contributed by atoms with E-state index in [0.717, 1.165) is 5.56 Å². The molecule has 1 N–H and O–H groups in total. The number of anilines is 1. The van der Waals surface area contributed by atoms with Crippen LogP contribution in [-0.4, -0.2) is 81.8 Å². The Kier molecular flexibility index (Phi) is 8.47. The SMILES string of the molecule is CCN(CC)S(=O)(=O)c1ccc(NC(=O)c2cccc(CN3CCN(S(C)(=O)=O)CC3)c2)cc1. The number of carbonyl (C=O) groups is 1. The molecule has 0 bridgehead atoms. The Labute approximate surface area is 202 Å². The smallest absolute Gasteiger partial charge is 0.255 e. The van der Waals surface area contributed by atoms with Crippen LogP contribution in [0.15, 0.2) is 53.4 Å². The van der Waals surface area contributed by atoms with Crippen molar-refractivity contribution in [2.45, 2.75) is 25.3 Å². The van der Waals surface area contributed by atoms with Gasteiger partial charge < -0.3 is 5.32 Å². The summed E-state index contributed by atoms with van der Waals surface area (Å²) in [4.78, 5) is 15.1. The Hall–Kier alpha value is -2.31. The maximum atomic E-state index is 12.8. The van der Waals surface area contributed by atoms with Crippen LogP contribution >= 0.6 is 0 Å². The molecule has 1 aliphatic rings. The molecule has 0 spiro atoms. The lowest BCUT2D eigenvalue weighted by molar-refractivity contribution is 0.102. The van der Waals surface area contributed by atoms with E-state index < -0.39 is 20.0 Å². The van der Waals surface area contributed by atoms with Crippen LogP contribution < -0.4 is 5.32 Å². The predicted octanol–water partition coefficient (Wildman–Crippen LogP) is 2.05. The highest BCUT2D eigenvalue weighted by Crippen LogP contribution is 2.19. The zero-order chi connectivity index (χ0) is 24.9. The first-order chi connectivity index (χ1) is 16.0. The minimum absolute atomic E-state index is 0.187. The van der Waals surface area contributed by atoms with E-state index >= 15 is 0 Å². The Morgan fingerprint density at radius 2 is 1.56 bits per heavy atom. The maximum absolute atomic E-state index is 12.8. The number of hydrogen-bond acceptors (Lipinski definition) is 6. The van der Waals surface area contributed by atoms with Crippen LogP contribution in [0.25, 0.3) is 0 Å². The van der Waals surface area contributed by atoms with E-state index in [-0.39, 0.29) is 10.8 Å². The number of carbonyl (C=O) groups excluding carboxylic acids is 1. The molecule has 3 rings (SSSR count). The monoisotopic (exact) mass is 508 g/mol. The van der Waals surface area contributed by atoms with Gasteiger partial charge in [-0.3, -0.25) is 9.69 Å². The number of amides is 1. The van der Waals surface area contributed by atoms with Gasteiger partial charge in [0.1, 0.15) is 0 Å². The standard InChI is InChI=1S/C23H32N4O5S2/c1-4-26(5-2)34(31,32)22-11-9-21(10-12-22)24-23(28)20-8-6-7-19(17-20)18-25-13-15-27(16-14-25)33(3,29)30/h6-12,17H,4-5,13-16,18H2,1-3H3,(H,24,28). The van der Waals surface area contributed by atoms with Gasteiger partial charge in [0.05, 0.1) is 11.2 Å². The average Bonchev–Trinajstić information content (AvgIpc) is 2.80. The van der Waals surface area contributed by atoms with Gasteiger partial charge in [0.2, 0.25) is 20.0 Å². The topological polar surface area (TPSA) is 107 Å². The Morgan fingerprint density at radius 1 is 0.941 bits per heavy atom. The normalized spacial score (nSPS) is 16.0. The second-order valence-electron chi connectivity index (χ2n) is 8.21. The van der Waals surface area contributed by atoms with E-state index in [2.05, 4.69) is 10.2 Å². The highest BCUT2D eigenvalue weighted by atomic mass is 32.2. The van der Waals surface area contributed by atoms with Crippen molar-refractivity contribution in [2.75, 3.05) is 50.8 Å². The van der Waals surface area contributed by atoms with Crippen molar-refractivity contribution in [3.05, 3.63) is 59.7 Å². The molecule has 2 aromatic carbocycles. The van der Waals surface area contributed by atoms with Crippen molar-refractivity contribution in [3.63, 3.8) is 0 Å². The Morgan fingerprint density at radius 3 is 2.12 bits per heavy atom. The lowest BCUT2D eigenvalue weighted by Gasteiger charge is -2.33. The van der Waals surface area contributed by atoms with E-state index in [4.69, 9.17) is 0 Å². The maximum Gasteiger partial charge on any atom is 0.255 e. The molecule has 1 fully saturated rings. The Balaban J connectivity index is 1.62. The molecular formula is C23H32N4O5S2. The van der Waals surface area contributed by atoms with E-state index in [9.17, 15) is 21.6 Å². The van der Waals surface area contributed by atoms with Crippen molar-refractivity contribution < 1.29 is 21.6 Å². The summed E-state index contributed by atoms with van der Waals surface area (Å²) in [5.41, 5.74) is 1.96. The highest BCUT2D eigenvalue weighted by Gasteiger charge is 2.24. The third-order valence-corrected chi connectivity index (χ3v) is 9.22. The minimum Gasteiger partial charge on any atom is -0.322 e. The molecule has 0 saturated carbocycles. The number of nitrogens with one attached hydrogen (secondary N) is 1. The number of sulfonamides is 2. The Bertz CT molecular complexity index is 1200. The van der Waals surface area contributed by atoms with Crippen LogP contribution in [0.2, 0.25) is 0 Å². The van der Waals surface area contributed by atoms with Crippen LogP contribution in [0.1, 0.15) is 29.8 Å². The predicted molar refractivity (Wildman–Crippen MR) is 133 cm³/mol. The van der Waals surface area contributed by atoms with E-state index in [1.54, 1.807) is 32.0 Å². The van der Waals surface area contributed by atoms with Gasteiger partial charge in [-0.15, -0.1) is 0 Å². The fraction of sp³-hybridized carbons (Fsp3) is 0.435. The molecular weight excluding hydrogens is 476 g/mol. The first-order valence-corrected chi connectivity index (χ1v) is 14.5. The fourth-order valence-electron chi connectivity index (χ4n) is 3.91. The molecule has 0 radical (unpaired) electrons. The van der Waals surface area contributed by atoms with E-state index in [1.165, 1.54) is 27.0 Å². The average molecular weight is 509 g/mol. The minimum atomic E-state index is -3.55. The molecule has 0 aliphatic carbocycles. The third-order valence-electron chi connectivity index (χ3n) is 5.85. The molecule has 1 amide bonds. The van der Waals surface area contributed by atoms with Gasteiger partial charge in [0.25, 0.3) is 5.91 Å². The number of nitrogens with zero attached hydrogens (tertiary/aromatic N) is 3. The van der Waals surface area contributed by atoms with Crippen LogP contribution in [0, 0.1) is 0 Å².